The lowest BCUT2D eigenvalue weighted by molar-refractivity contribution is 0.415. The number of hydrogen-bond donors (Lipinski definition) is 0. The largest absolute Gasteiger partial charge is 0.497 e. The number of rotatable bonds is 3. The second-order valence-corrected chi connectivity index (χ2v) is 6.80. The highest BCUT2D eigenvalue weighted by atomic mass is 16.5. The molecule has 0 aliphatic heterocycles. The summed E-state index contributed by atoms with van der Waals surface area (Å²) in [4.78, 5) is 26.9. The van der Waals surface area contributed by atoms with Crippen molar-refractivity contribution in [1.29, 1.82) is 0 Å². The van der Waals surface area contributed by atoms with Gasteiger partial charge in [-0.2, -0.15) is 0 Å². The van der Waals surface area contributed by atoms with Crippen LogP contribution >= 0.6 is 0 Å². The summed E-state index contributed by atoms with van der Waals surface area (Å²) >= 11 is 0. The van der Waals surface area contributed by atoms with Gasteiger partial charge in [0.2, 0.25) is 0 Å². The van der Waals surface area contributed by atoms with E-state index in [4.69, 9.17) is 4.74 Å². The molecule has 0 saturated heterocycles. The van der Waals surface area contributed by atoms with Gasteiger partial charge >= 0.3 is 0 Å². The average Bonchev–Trinajstić information content (AvgIpc) is 3.20. The molecule has 3 aromatic carbocycles. The molecule has 0 spiro atoms. The molecule has 0 fully saturated rings. The SMILES string of the molecule is COc1ccc2c3c(-c4ccccc4)c(=O)c(-c4ccccc4)c-3c(=O)c2c1. The second kappa shape index (κ2) is 6.17. The maximum atomic E-state index is 13.5. The first-order chi connectivity index (χ1) is 13.7. The van der Waals surface area contributed by atoms with Crippen molar-refractivity contribution in [2.45, 2.75) is 0 Å². The molecule has 0 aromatic heterocycles. The van der Waals surface area contributed by atoms with Gasteiger partial charge < -0.3 is 4.74 Å². The smallest absolute Gasteiger partial charge is 0.195 e. The third kappa shape index (κ3) is 2.23. The molecular formula is C25H16O3. The predicted molar refractivity (Wildman–Crippen MR) is 113 cm³/mol. The Morgan fingerprint density at radius 1 is 0.571 bits per heavy atom. The van der Waals surface area contributed by atoms with E-state index in [9.17, 15) is 9.59 Å². The number of fused-ring (bicyclic) bond motifs is 3. The van der Waals surface area contributed by atoms with Crippen molar-refractivity contribution in [2.24, 2.45) is 0 Å². The summed E-state index contributed by atoms with van der Waals surface area (Å²) in [5.41, 5.74) is 3.66. The Labute approximate surface area is 161 Å². The maximum absolute atomic E-state index is 13.5. The minimum atomic E-state index is -0.123. The van der Waals surface area contributed by atoms with E-state index in [1.54, 1.807) is 13.2 Å². The van der Waals surface area contributed by atoms with Crippen molar-refractivity contribution in [3.63, 3.8) is 0 Å². The third-order valence-corrected chi connectivity index (χ3v) is 5.30. The Kier molecular flexibility index (Phi) is 3.63. The molecule has 5 rings (SSSR count). The topological polar surface area (TPSA) is 43.4 Å². The normalized spacial score (nSPS) is 11.3. The van der Waals surface area contributed by atoms with Crippen LogP contribution in [-0.2, 0) is 0 Å². The quantitative estimate of drug-likeness (QED) is 0.458. The van der Waals surface area contributed by atoms with Gasteiger partial charge in [-0.25, -0.2) is 0 Å². The molecule has 3 aromatic rings. The van der Waals surface area contributed by atoms with E-state index in [2.05, 4.69) is 0 Å². The summed E-state index contributed by atoms with van der Waals surface area (Å²) < 4.78 is 5.30. The minimum absolute atomic E-state index is 0.0998. The zero-order chi connectivity index (χ0) is 19.3. The molecule has 0 atom stereocenters. The van der Waals surface area contributed by atoms with E-state index in [-0.39, 0.29) is 10.9 Å². The summed E-state index contributed by atoms with van der Waals surface area (Å²) in [6.45, 7) is 0. The lowest BCUT2D eigenvalue weighted by Gasteiger charge is -2.02. The van der Waals surface area contributed by atoms with E-state index in [1.807, 2.05) is 72.8 Å². The third-order valence-electron chi connectivity index (χ3n) is 5.30. The Hall–Kier alpha value is -3.72. The van der Waals surface area contributed by atoms with Crippen LogP contribution in [0, 0.1) is 0 Å². The zero-order valence-corrected chi connectivity index (χ0v) is 15.2. The summed E-state index contributed by atoms with van der Waals surface area (Å²) in [5, 5.41) is 1.37. The van der Waals surface area contributed by atoms with Gasteiger partial charge in [0.25, 0.3) is 0 Å². The molecule has 0 saturated carbocycles. The van der Waals surface area contributed by atoms with E-state index < -0.39 is 0 Å². The highest BCUT2D eigenvalue weighted by Crippen LogP contribution is 2.43. The molecular weight excluding hydrogens is 348 g/mol. The van der Waals surface area contributed by atoms with Crippen LogP contribution in [0.15, 0.2) is 88.5 Å². The van der Waals surface area contributed by atoms with Gasteiger partial charge in [-0.15, -0.1) is 0 Å². The van der Waals surface area contributed by atoms with Gasteiger partial charge in [-0.1, -0.05) is 60.7 Å². The monoisotopic (exact) mass is 364 g/mol. The van der Waals surface area contributed by atoms with Crippen molar-refractivity contribution in [1.82, 2.24) is 0 Å². The average molecular weight is 364 g/mol. The van der Waals surface area contributed by atoms with E-state index in [0.717, 1.165) is 22.1 Å². The van der Waals surface area contributed by atoms with Gasteiger partial charge in [0.1, 0.15) is 5.75 Å². The van der Waals surface area contributed by atoms with E-state index >= 15 is 0 Å². The Morgan fingerprint density at radius 3 is 1.71 bits per heavy atom. The molecule has 0 heterocycles. The molecule has 2 aliphatic rings. The second-order valence-electron chi connectivity index (χ2n) is 6.80. The van der Waals surface area contributed by atoms with Crippen LogP contribution in [-0.4, -0.2) is 7.11 Å². The fourth-order valence-corrected chi connectivity index (χ4v) is 4.05. The highest BCUT2D eigenvalue weighted by Gasteiger charge is 2.30. The van der Waals surface area contributed by atoms with Crippen molar-refractivity contribution < 1.29 is 4.74 Å². The first-order valence-corrected chi connectivity index (χ1v) is 9.08. The zero-order valence-electron chi connectivity index (χ0n) is 15.2. The van der Waals surface area contributed by atoms with Crippen LogP contribution in [0.3, 0.4) is 0 Å². The molecule has 0 bridgehead atoms. The van der Waals surface area contributed by atoms with Crippen LogP contribution in [0.25, 0.3) is 44.2 Å². The van der Waals surface area contributed by atoms with Gasteiger partial charge in [0, 0.05) is 27.6 Å². The molecule has 0 amide bonds. The number of hydrogen-bond acceptors (Lipinski definition) is 3. The van der Waals surface area contributed by atoms with Crippen molar-refractivity contribution in [3.05, 3.63) is 99.3 Å². The number of methoxy groups -OCH3 is 1. The van der Waals surface area contributed by atoms with Crippen LogP contribution in [0.5, 0.6) is 5.75 Å². The number of benzene rings is 3. The van der Waals surface area contributed by atoms with E-state index in [1.165, 1.54) is 0 Å². The van der Waals surface area contributed by atoms with Crippen LogP contribution in [0.2, 0.25) is 0 Å². The molecule has 2 aliphatic carbocycles. The molecule has 0 radical (unpaired) electrons. The standard InChI is InChI=1S/C25H16O3/c1-28-17-12-13-18-19(14-17)24(26)23-21(16-10-6-3-7-11-16)25(27)20(22(18)23)15-8-4-2-5-9-15/h2-14H,1H3. The molecule has 0 N–H and O–H groups in total. The molecule has 28 heavy (non-hydrogen) atoms. The van der Waals surface area contributed by atoms with E-state index in [0.29, 0.717) is 27.8 Å². The molecule has 3 heteroatoms. The Morgan fingerprint density at radius 2 is 1.14 bits per heavy atom. The molecule has 3 nitrogen and oxygen atoms in total. The predicted octanol–water partition coefficient (Wildman–Crippen LogP) is 4.88. The van der Waals surface area contributed by atoms with Crippen LogP contribution in [0.4, 0.5) is 0 Å². The number of ether oxygens (including phenoxy) is 1. The Balaban J connectivity index is 1.99. The lowest BCUT2D eigenvalue weighted by Crippen LogP contribution is -2.04. The maximum Gasteiger partial charge on any atom is 0.195 e. The van der Waals surface area contributed by atoms with Crippen LogP contribution in [0.1, 0.15) is 0 Å². The summed E-state index contributed by atoms with van der Waals surface area (Å²) in [6.07, 6.45) is 0. The fourth-order valence-electron chi connectivity index (χ4n) is 4.05. The molecule has 134 valence electrons. The van der Waals surface area contributed by atoms with Gasteiger partial charge in [0.15, 0.2) is 10.9 Å². The lowest BCUT2D eigenvalue weighted by atomic mass is 10.0. The van der Waals surface area contributed by atoms with Gasteiger partial charge in [-0.3, -0.25) is 9.59 Å². The van der Waals surface area contributed by atoms with Crippen LogP contribution < -0.4 is 15.6 Å². The molecule has 0 unspecified atom stereocenters. The van der Waals surface area contributed by atoms with Crippen molar-refractivity contribution >= 4 is 10.8 Å². The minimum Gasteiger partial charge on any atom is -0.497 e. The Bertz CT molecular complexity index is 1360. The van der Waals surface area contributed by atoms with Crippen molar-refractivity contribution in [3.8, 4) is 39.1 Å². The van der Waals surface area contributed by atoms with Gasteiger partial charge in [-0.05, 0) is 34.7 Å². The summed E-state index contributed by atoms with van der Waals surface area (Å²) in [5.74, 6) is 0.627. The fraction of sp³-hybridized carbons (Fsp3) is 0.0400. The summed E-state index contributed by atoms with van der Waals surface area (Å²) in [6, 6.07) is 24.4. The van der Waals surface area contributed by atoms with Gasteiger partial charge in [0.05, 0.1) is 7.11 Å². The first-order valence-electron chi connectivity index (χ1n) is 9.08. The van der Waals surface area contributed by atoms with Crippen molar-refractivity contribution in [2.75, 3.05) is 7.11 Å². The highest BCUT2D eigenvalue weighted by molar-refractivity contribution is 6.13. The first kappa shape index (κ1) is 16.5. The summed E-state index contributed by atoms with van der Waals surface area (Å²) in [7, 11) is 1.58.